The minimum absolute atomic E-state index is 0. The van der Waals surface area contributed by atoms with Crippen molar-refractivity contribution in [2.24, 2.45) is 10.7 Å². The van der Waals surface area contributed by atoms with Gasteiger partial charge in [-0.05, 0) is 57.8 Å². The van der Waals surface area contributed by atoms with Crippen molar-refractivity contribution in [2.75, 3.05) is 25.0 Å². The van der Waals surface area contributed by atoms with E-state index in [1.165, 1.54) is 38.8 Å². The summed E-state index contributed by atoms with van der Waals surface area (Å²) in [4.78, 5) is 7.00. The third kappa shape index (κ3) is 6.96. The fraction of sp³-hybridized carbons (Fsp3) is 0.588. The number of likely N-dealkylation sites (tertiary alicyclic amines) is 1. The lowest BCUT2D eigenvalue weighted by Gasteiger charge is -2.33. The van der Waals surface area contributed by atoms with Crippen molar-refractivity contribution < 1.29 is 0 Å². The van der Waals surface area contributed by atoms with Crippen LogP contribution in [0.5, 0.6) is 0 Å². The first-order chi connectivity index (χ1) is 10.3. The highest BCUT2D eigenvalue weighted by Gasteiger charge is 2.16. The van der Waals surface area contributed by atoms with Gasteiger partial charge in [0.05, 0.1) is 0 Å². The predicted molar refractivity (Wildman–Crippen MR) is 106 cm³/mol. The van der Waals surface area contributed by atoms with E-state index in [4.69, 9.17) is 5.73 Å². The van der Waals surface area contributed by atoms with Gasteiger partial charge in [0, 0.05) is 18.3 Å². The maximum Gasteiger partial charge on any atom is 0.193 e. The van der Waals surface area contributed by atoms with Gasteiger partial charge in [-0.15, -0.1) is 24.0 Å². The Morgan fingerprint density at radius 2 is 2.05 bits per heavy atom. The van der Waals surface area contributed by atoms with Crippen LogP contribution >= 0.6 is 24.0 Å². The van der Waals surface area contributed by atoms with Crippen LogP contribution in [-0.4, -0.2) is 36.5 Å². The van der Waals surface area contributed by atoms with E-state index >= 15 is 0 Å². The SMILES string of the molecule is CC1CCCCN1CCCCN=C(N)Nc1ccccc1.I. The van der Waals surface area contributed by atoms with Gasteiger partial charge < -0.3 is 16.0 Å². The van der Waals surface area contributed by atoms with Crippen molar-refractivity contribution in [3.05, 3.63) is 30.3 Å². The number of nitrogens with two attached hydrogens (primary N) is 1. The molecule has 5 heteroatoms. The molecule has 1 aromatic carbocycles. The molecule has 1 atom stereocenters. The number of hydrogen-bond donors (Lipinski definition) is 2. The van der Waals surface area contributed by atoms with Gasteiger partial charge in [-0.1, -0.05) is 24.6 Å². The molecule has 1 aliphatic heterocycles. The van der Waals surface area contributed by atoms with Crippen molar-refractivity contribution in [1.29, 1.82) is 0 Å². The zero-order valence-electron chi connectivity index (χ0n) is 13.5. The first-order valence-electron chi connectivity index (χ1n) is 8.12. The number of para-hydroxylation sites is 1. The normalized spacial score (nSPS) is 19.5. The Morgan fingerprint density at radius 3 is 2.77 bits per heavy atom. The second-order valence-electron chi connectivity index (χ2n) is 5.85. The van der Waals surface area contributed by atoms with E-state index in [-0.39, 0.29) is 24.0 Å². The molecule has 1 aliphatic rings. The first kappa shape index (κ1) is 19.2. The number of halogens is 1. The Bertz CT molecular complexity index is 436. The molecule has 1 heterocycles. The summed E-state index contributed by atoms with van der Waals surface area (Å²) in [7, 11) is 0. The molecule has 0 aliphatic carbocycles. The van der Waals surface area contributed by atoms with Crippen molar-refractivity contribution in [3.8, 4) is 0 Å². The highest BCUT2D eigenvalue weighted by Crippen LogP contribution is 2.16. The molecule has 3 N–H and O–H groups in total. The zero-order valence-corrected chi connectivity index (χ0v) is 15.8. The van der Waals surface area contributed by atoms with Crippen LogP contribution in [0, 0.1) is 0 Å². The third-order valence-electron chi connectivity index (χ3n) is 4.12. The molecule has 124 valence electrons. The summed E-state index contributed by atoms with van der Waals surface area (Å²) in [5, 5.41) is 3.11. The van der Waals surface area contributed by atoms with E-state index in [0.717, 1.165) is 24.7 Å². The Labute approximate surface area is 151 Å². The fourth-order valence-electron chi connectivity index (χ4n) is 2.82. The molecular weight excluding hydrogens is 387 g/mol. The number of guanidine groups is 1. The van der Waals surface area contributed by atoms with Crippen LogP contribution < -0.4 is 11.1 Å². The minimum Gasteiger partial charge on any atom is -0.370 e. The van der Waals surface area contributed by atoms with Gasteiger partial charge in [0.25, 0.3) is 0 Å². The highest BCUT2D eigenvalue weighted by molar-refractivity contribution is 14.0. The van der Waals surface area contributed by atoms with Gasteiger partial charge in [-0.25, -0.2) is 0 Å². The summed E-state index contributed by atoms with van der Waals surface area (Å²) >= 11 is 0. The molecule has 0 radical (unpaired) electrons. The number of nitrogens with zero attached hydrogens (tertiary/aromatic N) is 2. The van der Waals surface area contributed by atoms with Crippen molar-refractivity contribution >= 4 is 35.6 Å². The largest absolute Gasteiger partial charge is 0.370 e. The fourth-order valence-corrected chi connectivity index (χ4v) is 2.82. The van der Waals surface area contributed by atoms with Crippen LogP contribution in [0.25, 0.3) is 0 Å². The average Bonchev–Trinajstić information content (AvgIpc) is 2.50. The molecule has 1 fully saturated rings. The number of anilines is 1. The third-order valence-corrected chi connectivity index (χ3v) is 4.12. The first-order valence-corrected chi connectivity index (χ1v) is 8.12. The molecule has 0 spiro atoms. The van der Waals surface area contributed by atoms with E-state index in [1.54, 1.807) is 0 Å². The monoisotopic (exact) mass is 416 g/mol. The molecule has 0 amide bonds. The highest BCUT2D eigenvalue weighted by atomic mass is 127. The van der Waals surface area contributed by atoms with E-state index in [2.05, 4.69) is 22.1 Å². The van der Waals surface area contributed by atoms with E-state index < -0.39 is 0 Å². The molecule has 22 heavy (non-hydrogen) atoms. The molecule has 2 rings (SSSR count). The number of rotatable bonds is 6. The van der Waals surface area contributed by atoms with Crippen molar-refractivity contribution in [3.63, 3.8) is 0 Å². The second-order valence-corrected chi connectivity index (χ2v) is 5.85. The van der Waals surface area contributed by atoms with Crippen LogP contribution in [0.1, 0.15) is 39.0 Å². The number of unbranched alkanes of at least 4 members (excludes halogenated alkanes) is 1. The molecule has 1 saturated heterocycles. The maximum absolute atomic E-state index is 5.88. The molecular formula is C17H29IN4. The van der Waals surface area contributed by atoms with Crippen molar-refractivity contribution in [2.45, 2.75) is 45.1 Å². The van der Waals surface area contributed by atoms with E-state index in [0.29, 0.717) is 5.96 Å². The molecule has 1 unspecified atom stereocenters. The van der Waals surface area contributed by atoms with E-state index in [1.807, 2.05) is 30.3 Å². The van der Waals surface area contributed by atoms with Gasteiger partial charge in [0.2, 0.25) is 0 Å². The predicted octanol–water partition coefficient (Wildman–Crippen LogP) is 3.69. The van der Waals surface area contributed by atoms with E-state index in [9.17, 15) is 0 Å². The number of piperidine rings is 1. The molecule has 0 aromatic heterocycles. The lowest BCUT2D eigenvalue weighted by atomic mass is 10.0. The molecule has 1 aromatic rings. The van der Waals surface area contributed by atoms with Crippen LogP contribution in [0.2, 0.25) is 0 Å². The van der Waals surface area contributed by atoms with Gasteiger partial charge >= 0.3 is 0 Å². The zero-order chi connectivity index (χ0) is 14.9. The Kier molecular flexibility index (Phi) is 9.47. The summed E-state index contributed by atoms with van der Waals surface area (Å²) in [5.74, 6) is 0.507. The summed E-state index contributed by atoms with van der Waals surface area (Å²) in [5.41, 5.74) is 6.87. The molecule has 4 nitrogen and oxygen atoms in total. The molecule has 0 saturated carbocycles. The Balaban J connectivity index is 0.00000242. The number of benzene rings is 1. The van der Waals surface area contributed by atoms with Crippen LogP contribution in [0.3, 0.4) is 0 Å². The topological polar surface area (TPSA) is 53.6 Å². The standard InChI is InChI=1S/C17H28N4.HI/c1-15-9-5-7-13-21(15)14-8-6-12-19-17(18)20-16-10-3-2-4-11-16;/h2-4,10-11,15H,5-9,12-14H2,1H3,(H3,18,19,20);1H. The minimum atomic E-state index is 0. The summed E-state index contributed by atoms with van der Waals surface area (Å²) in [6.45, 7) is 5.61. The quantitative estimate of drug-likeness (QED) is 0.322. The van der Waals surface area contributed by atoms with Gasteiger partial charge in [-0.2, -0.15) is 0 Å². The average molecular weight is 416 g/mol. The Morgan fingerprint density at radius 1 is 1.27 bits per heavy atom. The smallest absolute Gasteiger partial charge is 0.193 e. The number of aliphatic imine (C=N–C) groups is 1. The number of hydrogen-bond acceptors (Lipinski definition) is 2. The van der Waals surface area contributed by atoms with Gasteiger partial charge in [0.15, 0.2) is 5.96 Å². The van der Waals surface area contributed by atoms with Gasteiger partial charge in [0.1, 0.15) is 0 Å². The second kappa shape index (κ2) is 10.8. The summed E-state index contributed by atoms with van der Waals surface area (Å²) in [6.07, 6.45) is 6.40. The van der Waals surface area contributed by atoms with Crippen LogP contribution in [0.15, 0.2) is 35.3 Å². The van der Waals surface area contributed by atoms with Crippen LogP contribution in [-0.2, 0) is 0 Å². The lowest BCUT2D eigenvalue weighted by molar-refractivity contribution is 0.158. The number of nitrogens with one attached hydrogen (secondary N) is 1. The van der Waals surface area contributed by atoms with Crippen molar-refractivity contribution in [1.82, 2.24) is 4.90 Å². The molecule has 0 bridgehead atoms. The summed E-state index contributed by atoms with van der Waals surface area (Å²) < 4.78 is 0. The maximum atomic E-state index is 5.88. The van der Waals surface area contributed by atoms with Gasteiger partial charge in [-0.3, -0.25) is 4.99 Å². The summed E-state index contributed by atoms with van der Waals surface area (Å²) in [6, 6.07) is 10.7. The Hall–Kier alpha value is -0.820. The lowest BCUT2D eigenvalue weighted by Crippen LogP contribution is -2.38. The van der Waals surface area contributed by atoms with Crippen LogP contribution in [0.4, 0.5) is 5.69 Å².